The second-order valence-electron chi connectivity index (χ2n) is 18.6. The first kappa shape index (κ1) is 45.4. The molecule has 2 heteroatoms. The topological polar surface area (TPSA) is 8.17 Å². The zero-order chi connectivity index (χ0) is 49.8. The molecule has 0 fully saturated rings. The highest BCUT2D eigenvalue weighted by molar-refractivity contribution is 6.11. The molecule has 1 aromatic heterocycles. The lowest BCUT2D eigenvalue weighted by Gasteiger charge is -2.28. The minimum Gasteiger partial charge on any atom is -0.309 e. The summed E-state index contributed by atoms with van der Waals surface area (Å²) >= 11 is 0. The molecule has 0 spiro atoms. The lowest BCUT2D eigenvalue weighted by Crippen LogP contribution is -2.11. The van der Waals surface area contributed by atoms with Crippen molar-refractivity contribution < 1.29 is 0 Å². The van der Waals surface area contributed by atoms with Crippen LogP contribution in [0.5, 0.6) is 0 Å². The van der Waals surface area contributed by atoms with Gasteiger partial charge in [-0.1, -0.05) is 244 Å². The first-order chi connectivity index (χ1) is 36.6. The van der Waals surface area contributed by atoms with Gasteiger partial charge in [-0.3, -0.25) is 0 Å². The van der Waals surface area contributed by atoms with Gasteiger partial charge in [0.05, 0.1) is 22.4 Å². The van der Waals surface area contributed by atoms with Gasteiger partial charge < -0.3 is 9.47 Å². The Morgan fingerprint density at radius 1 is 0.270 bits per heavy atom. The molecule has 13 aromatic rings. The van der Waals surface area contributed by atoms with E-state index in [2.05, 4.69) is 302 Å². The number of para-hydroxylation sites is 1. The summed E-state index contributed by atoms with van der Waals surface area (Å²) in [5.74, 6) is 0. The summed E-state index contributed by atoms with van der Waals surface area (Å²) in [7, 11) is 0. The Hall–Kier alpha value is -9.76. The van der Waals surface area contributed by atoms with E-state index in [0.717, 1.165) is 33.8 Å². The van der Waals surface area contributed by atoms with Crippen molar-refractivity contribution >= 4 is 60.4 Å². The average Bonchev–Trinajstić information content (AvgIpc) is 3.82. The van der Waals surface area contributed by atoms with Crippen LogP contribution in [-0.2, 0) is 0 Å². The second-order valence-corrected chi connectivity index (χ2v) is 18.6. The average molecular weight is 945 g/mol. The molecule has 350 valence electrons. The summed E-state index contributed by atoms with van der Waals surface area (Å²) in [6.07, 6.45) is 3.28. The van der Waals surface area contributed by atoms with Crippen molar-refractivity contribution in [3.63, 3.8) is 0 Å². The van der Waals surface area contributed by atoms with Crippen molar-refractivity contribution in [2.75, 3.05) is 4.90 Å². The van der Waals surface area contributed by atoms with Crippen molar-refractivity contribution in [1.29, 1.82) is 0 Å². The molecule has 2 nitrogen and oxygen atoms in total. The van der Waals surface area contributed by atoms with Gasteiger partial charge in [0, 0.05) is 32.9 Å². The predicted octanol–water partition coefficient (Wildman–Crippen LogP) is 20.3. The first-order valence-electron chi connectivity index (χ1n) is 25.2. The fraction of sp³-hybridized carbons (Fsp3) is 0. The molecule has 0 aliphatic carbocycles. The van der Waals surface area contributed by atoms with Crippen molar-refractivity contribution in [1.82, 2.24) is 4.57 Å². The van der Waals surface area contributed by atoms with Gasteiger partial charge >= 0.3 is 0 Å². The summed E-state index contributed by atoms with van der Waals surface area (Å²) in [5.41, 5.74) is 18.7. The summed E-state index contributed by atoms with van der Waals surface area (Å²) in [6, 6.07) is 102. The Kier molecular flexibility index (Phi) is 12.4. The van der Waals surface area contributed by atoms with Gasteiger partial charge in [0.1, 0.15) is 0 Å². The van der Waals surface area contributed by atoms with Gasteiger partial charge in [0.25, 0.3) is 0 Å². The third-order valence-corrected chi connectivity index (χ3v) is 14.1. The predicted molar refractivity (Wildman–Crippen MR) is 318 cm³/mol. The molecule has 74 heavy (non-hydrogen) atoms. The molecular formula is C72H52N2. The third kappa shape index (κ3) is 8.76. The van der Waals surface area contributed by atoms with Crippen molar-refractivity contribution in [3.05, 3.63) is 304 Å². The number of nitrogens with zero attached hydrogens (tertiary/aromatic N) is 2. The molecule has 12 aromatic carbocycles. The largest absolute Gasteiger partial charge is 0.309 e. The standard InChI is InChI=1S/C68H46N2.C4H6/c1-3-16-47(17-4-1)49-32-36-51(37-33-49)57-42-58(52-38-34-50(35-39-52)48-18-5-2-6-19-48)45-60(44-57)70-67-29-12-11-28-63(67)64-46-56(40-41-68(64)70)55-24-13-25-59(43-55)69(65-30-14-22-53-20-7-9-26-61(53)65)66-31-15-23-54-21-8-10-27-62(54)66;1-3-4-2/h1-46H;3-4H,1-2H2. The summed E-state index contributed by atoms with van der Waals surface area (Å²) in [4.78, 5) is 2.44. The Balaban J connectivity index is 0.00000134. The lowest BCUT2D eigenvalue weighted by molar-refractivity contribution is 1.18. The van der Waals surface area contributed by atoms with Crippen LogP contribution in [0.25, 0.3) is 105 Å². The van der Waals surface area contributed by atoms with Crippen LogP contribution < -0.4 is 4.90 Å². The Bertz CT molecular complexity index is 3950. The minimum atomic E-state index is 1.10. The highest BCUT2D eigenvalue weighted by atomic mass is 15.1. The van der Waals surface area contributed by atoms with Crippen LogP contribution in [0.4, 0.5) is 17.1 Å². The Morgan fingerprint density at radius 3 is 1.20 bits per heavy atom. The number of fused-ring (bicyclic) bond motifs is 5. The summed E-state index contributed by atoms with van der Waals surface area (Å²) in [6.45, 7) is 6.72. The SMILES string of the molecule is C=CC=C.c1ccc(-c2ccc(-c3cc(-c4ccc(-c5ccccc5)cc4)cc(-n4c5ccccc5c5cc(-c6cccc(N(c7cccc8ccccc78)c7cccc8ccccc78)c6)ccc54)c3)cc2)cc1. The van der Waals surface area contributed by atoms with Gasteiger partial charge in [0.2, 0.25) is 0 Å². The smallest absolute Gasteiger partial charge is 0.0541 e. The van der Waals surface area contributed by atoms with Crippen molar-refractivity contribution in [3.8, 4) is 61.3 Å². The number of hydrogen-bond donors (Lipinski definition) is 0. The van der Waals surface area contributed by atoms with E-state index in [1.165, 1.54) is 87.9 Å². The molecule has 0 bridgehead atoms. The number of aromatic nitrogens is 1. The van der Waals surface area contributed by atoms with Gasteiger partial charge in [-0.2, -0.15) is 0 Å². The Morgan fingerprint density at radius 2 is 0.662 bits per heavy atom. The lowest BCUT2D eigenvalue weighted by atomic mass is 9.95. The number of anilines is 3. The normalized spacial score (nSPS) is 11.1. The maximum Gasteiger partial charge on any atom is 0.0541 e. The molecule has 0 N–H and O–H groups in total. The number of rotatable bonds is 10. The molecule has 0 atom stereocenters. The second kappa shape index (κ2) is 20.2. The van der Waals surface area contributed by atoms with Crippen LogP contribution in [0.3, 0.4) is 0 Å². The summed E-state index contributed by atoms with van der Waals surface area (Å²) < 4.78 is 2.46. The molecule has 0 saturated heterocycles. The van der Waals surface area contributed by atoms with Crippen LogP contribution in [-0.4, -0.2) is 4.57 Å². The molecule has 0 radical (unpaired) electrons. The summed E-state index contributed by atoms with van der Waals surface area (Å²) in [5, 5.41) is 7.27. The minimum absolute atomic E-state index is 1.10. The van der Waals surface area contributed by atoms with Crippen LogP contribution in [0.1, 0.15) is 0 Å². The molecule has 0 saturated carbocycles. The maximum atomic E-state index is 3.36. The van der Waals surface area contributed by atoms with Crippen molar-refractivity contribution in [2.45, 2.75) is 0 Å². The molecule has 0 unspecified atom stereocenters. The van der Waals surface area contributed by atoms with E-state index in [1.54, 1.807) is 12.2 Å². The highest BCUT2D eigenvalue weighted by Gasteiger charge is 2.20. The van der Waals surface area contributed by atoms with E-state index in [1.807, 2.05) is 0 Å². The van der Waals surface area contributed by atoms with E-state index in [-0.39, 0.29) is 0 Å². The fourth-order valence-electron chi connectivity index (χ4n) is 10.5. The molecule has 0 amide bonds. The monoisotopic (exact) mass is 944 g/mol. The van der Waals surface area contributed by atoms with E-state index < -0.39 is 0 Å². The van der Waals surface area contributed by atoms with Gasteiger partial charge in [-0.25, -0.2) is 0 Å². The third-order valence-electron chi connectivity index (χ3n) is 14.1. The molecular weight excluding hydrogens is 893 g/mol. The van der Waals surface area contributed by atoms with Crippen LogP contribution in [0, 0.1) is 0 Å². The van der Waals surface area contributed by atoms with E-state index >= 15 is 0 Å². The quantitative estimate of drug-likeness (QED) is 0.124. The molecule has 1 heterocycles. The molecule has 0 aliphatic heterocycles. The van der Waals surface area contributed by atoms with Gasteiger partial charge in [0.15, 0.2) is 0 Å². The zero-order valence-corrected chi connectivity index (χ0v) is 41.0. The van der Waals surface area contributed by atoms with Crippen LogP contribution >= 0.6 is 0 Å². The molecule has 13 rings (SSSR count). The van der Waals surface area contributed by atoms with Crippen LogP contribution in [0.15, 0.2) is 304 Å². The van der Waals surface area contributed by atoms with Gasteiger partial charge in [-0.15, -0.1) is 0 Å². The van der Waals surface area contributed by atoms with Crippen LogP contribution in [0.2, 0.25) is 0 Å². The fourth-order valence-corrected chi connectivity index (χ4v) is 10.5. The van der Waals surface area contributed by atoms with E-state index in [0.29, 0.717) is 0 Å². The van der Waals surface area contributed by atoms with E-state index in [9.17, 15) is 0 Å². The number of hydrogen-bond acceptors (Lipinski definition) is 1. The zero-order valence-electron chi connectivity index (χ0n) is 41.0. The Labute approximate surface area is 433 Å². The number of benzene rings is 12. The highest BCUT2D eigenvalue weighted by Crippen LogP contribution is 2.44. The first-order valence-corrected chi connectivity index (χ1v) is 25.2. The molecule has 0 aliphatic rings. The number of allylic oxidation sites excluding steroid dienone is 2. The van der Waals surface area contributed by atoms with Gasteiger partial charge in [-0.05, 0) is 127 Å². The van der Waals surface area contributed by atoms with Crippen molar-refractivity contribution in [2.24, 2.45) is 0 Å². The maximum absolute atomic E-state index is 3.36. The van der Waals surface area contributed by atoms with E-state index in [4.69, 9.17) is 0 Å².